The molecule has 0 unspecified atom stereocenters. The van der Waals surface area contributed by atoms with Crippen LogP contribution >= 0.6 is 0 Å². The highest BCUT2D eigenvalue weighted by Crippen LogP contribution is 2.18. The van der Waals surface area contributed by atoms with Crippen molar-refractivity contribution < 1.29 is 14.3 Å². The van der Waals surface area contributed by atoms with Gasteiger partial charge in [-0.1, -0.05) is 150 Å². The summed E-state index contributed by atoms with van der Waals surface area (Å²) in [6.07, 6.45) is 35.8. The van der Waals surface area contributed by atoms with Crippen molar-refractivity contribution in [3.8, 4) is 0 Å². The number of carbonyl (C=O) groups excluding carboxylic acids is 2. The third-order valence-corrected chi connectivity index (χ3v) is 10.00. The third-order valence-electron chi connectivity index (χ3n) is 10.00. The normalized spacial score (nSPS) is 11.6. The lowest BCUT2D eigenvalue weighted by Gasteiger charge is -2.20. The van der Waals surface area contributed by atoms with Crippen molar-refractivity contribution in [2.75, 3.05) is 33.2 Å². The van der Waals surface area contributed by atoms with Gasteiger partial charge in [0.05, 0.1) is 0 Å². The molecule has 0 aromatic carbocycles. The zero-order valence-electron chi connectivity index (χ0n) is 32.7. The van der Waals surface area contributed by atoms with E-state index in [4.69, 9.17) is 4.74 Å². The van der Waals surface area contributed by atoms with Gasteiger partial charge >= 0.3 is 5.97 Å². The standard InChI is InChI=1S/C42H84N2O3/c1-6-10-13-16-20-26-33-40(34-27-21-17-14-11-7-2)47-42(46)36-29-22-19-24-31-38-44(9-4)39-32-25-28-35-41(45)43(5)37-30-23-18-15-12-8-3/h40H,6-39H2,1-5H3. The van der Waals surface area contributed by atoms with Crippen LogP contribution in [0, 0.1) is 0 Å². The van der Waals surface area contributed by atoms with Crippen molar-refractivity contribution in [3.05, 3.63) is 0 Å². The number of hydrogen-bond acceptors (Lipinski definition) is 4. The highest BCUT2D eigenvalue weighted by atomic mass is 16.5. The molecule has 0 bridgehead atoms. The van der Waals surface area contributed by atoms with Crippen molar-refractivity contribution in [2.45, 2.75) is 226 Å². The summed E-state index contributed by atoms with van der Waals surface area (Å²) in [5.74, 6) is 0.357. The van der Waals surface area contributed by atoms with Gasteiger partial charge in [-0.2, -0.15) is 0 Å². The van der Waals surface area contributed by atoms with Crippen LogP contribution in [-0.2, 0) is 14.3 Å². The van der Waals surface area contributed by atoms with Crippen LogP contribution in [-0.4, -0.2) is 61.0 Å². The molecule has 0 N–H and O–H groups in total. The van der Waals surface area contributed by atoms with Crippen LogP contribution < -0.4 is 0 Å². The van der Waals surface area contributed by atoms with E-state index in [1.165, 1.54) is 135 Å². The van der Waals surface area contributed by atoms with Crippen LogP contribution in [0.25, 0.3) is 0 Å². The van der Waals surface area contributed by atoms with Crippen LogP contribution in [0.4, 0.5) is 0 Å². The molecule has 5 nitrogen and oxygen atoms in total. The molecule has 5 heteroatoms. The van der Waals surface area contributed by atoms with E-state index in [9.17, 15) is 9.59 Å². The summed E-state index contributed by atoms with van der Waals surface area (Å²) in [5, 5.41) is 0. The van der Waals surface area contributed by atoms with Gasteiger partial charge in [-0.25, -0.2) is 0 Å². The highest BCUT2D eigenvalue weighted by Gasteiger charge is 2.14. The number of nitrogens with zero attached hydrogens (tertiary/aromatic N) is 2. The largest absolute Gasteiger partial charge is 0.462 e. The molecule has 0 rings (SSSR count). The Morgan fingerprint density at radius 1 is 0.468 bits per heavy atom. The van der Waals surface area contributed by atoms with Gasteiger partial charge in [0, 0.05) is 26.4 Å². The Morgan fingerprint density at radius 3 is 1.34 bits per heavy atom. The average molecular weight is 665 g/mol. The molecular formula is C42H84N2O3. The minimum Gasteiger partial charge on any atom is -0.462 e. The zero-order valence-corrected chi connectivity index (χ0v) is 32.7. The molecule has 47 heavy (non-hydrogen) atoms. The Bertz CT molecular complexity index is 654. The molecular weight excluding hydrogens is 580 g/mol. The van der Waals surface area contributed by atoms with Crippen molar-refractivity contribution in [3.63, 3.8) is 0 Å². The fourth-order valence-electron chi connectivity index (χ4n) is 6.61. The second-order valence-electron chi connectivity index (χ2n) is 14.6. The van der Waals surface area contributed by atoms with Crippen molar-refractivity contribution in [1.82, 2.24) is 9.80 Å². The summed E-state index contributed by atoms with van der Waals surface area (Å²) < 4.78 is 6.02. The fraction of sp³-hybridized carbons (Fsp3) is 0.952. The quantitative estimate of drug-likeness (QED) is 0.0490. The molecule has 0 saturated carbocycles. The van der Waals surface area contributed by atoms with Gasteiger partial charge < -0.3 is 14.5 Å². The van der Waals surface area contributed by atoms with Crippen LogP contribution in [0.3, 0.4) is 0 Å². The van der Waals surface area contributed by atoms with Crippen LogP contribution in [0.15, 0.2) is 0 Å². The minimum absolute atomic E-state index is 0.0373. The van der Waals surface area contributed by atoms with Gasteiger partial charge in [0.25, 0.3) is 0 Å². The van der Waals surface area contributed by atoms with E-state index in [-0.39, 0.29) is 12.1 Å². The van der Waals surface area contributed by atoms with E-state index in [0.29, 0.717) is 18.7 Å². The lowest BCUT2D eigenvalue weighted by Crippen LogP contribution is -2.27. The molecule has 0 saturated heterocycles. The molecule has 0 radical (unpaired) electrons. The maximum atomic E-state index is 12.7. The number of rotatable bonds is 37. The van der Waals surface area contributed by atoms with Crippen molar-refractivity contribution >= 4 is 11.9 Å². The summed E-state index contributed by atoms with van der Waals surface area (Å²) >= 11 is 0. The zero-order chi connectivity index (χ0) is 34.6. The van der Waals surface area contributed by atoms with E-state index in [1.807, 2.05) is 11.9 Å². The van der Waals surface area contributed by atoms with E-state index in [1.54, 1.807) is 0 Å². The van der Waals surface area contributed by atoms with Gasteiger partial charge in [-0.3, -0.25) is 9.59 Å². The van der Waals surface area contributed by atoms with Gasteiger partial charge in [0.2, 0.25) is 5.91 Å². The lowest BCUT2D eigenvalue weighted by molar-refractivity contribution is -0.150. The van der Waals surface area contributed by atoms with Gasteiger partial charge in [-0.05, 0) is 77.4 Å². The Morgan fingerprint density at radius 2 is 0.851 bits per heavy atom. The Balaban J connectivity index is 3.98. The minimum atomic E-state index is 0.0373. The molecule has 280 valence electrons. The molecule has 0 aliphatic carbocycles. The molecule has 1 amide bonds. The first kappa shape index (κ1) is 45.9. The summed E-state index contributed by atoms with van der Waals surface area (Å²) in [6, 6.07) is 0. The Hall–Kier alpha value is -1.10. The number of ether oxygens (including phenoxy) is 1. The predicted octanol–water partition coefficient (Wildman–Crippen LogP) is 12.4. The van der Waals surface area contributed by atoms with E-state index in [2.05, 4.69) is 32.6 Å². The predicted molar refractivity (Wildman–Crippen MR) is 205 cm³/mol. The summed E-state index contributed by atoms with van der Waals surface area (Å²) in [5.41, 5.74) is 0. The molecule has 0 aromatic rings. The monoisotopic (exact) mass is 665 g/mol. The number of esters is 1. The summed E-state index contributed by atoms with van der Waals surface area (Å²) in [6.45, 7) is 13.4. The van der Waals surface area contributed by atoms with Gasteiger partial charge in [-0.15, -0.1) is 0 Å². The number of hydrogen-bond donors (Lipinski definition) is 0. The number of unbranched alkanes of at least 4 members (excludes halogenated alkanes) is 21. The SMILES string of the molecule is CCCCCCCCC(CCCCCCCC)OC(=O)CCCCCCCN(CC)CCCCCC(=O)N(C)CCCCCCCC. The fourth-order valence-corrected chi connectivity index (χ4v) is 6.61. The van der Waals surface area contributed by atoms with E-state index < -0.39 is 0 Å². The molecule has 0 aliphatic rings. The van der Waals surface area contributed by atoms with Crippen LogP contribution in [0.1, 0.15) is 220 Å². The Labute approximate surface area is 295 Å². The average Bonchev–Trinajstić information content (AvgIpc) is 3.07. The second-order valence-corrected chi connectivity index (χ2v) is 14.6. The topological polar surface area (TPSA) is 49.9 Å². The summed E-state index contributed by atoms with van der Waals surface area (Å²) in [7, 11) is 1.98. The maximum Gasteiger partial charge on any atom is 0.306 e. The second kappa shape index (κ2) is 36.2. The van der Waals surface area contributed by atoms with E-state index in [0.717, 1.165) is 71.1 Å². The first-order chi connectivity index (χ1) is 23.0. The van der Waals surface area contributed by atoms with Crippen molar-refractivity contribution in [1.29, 1.82) is 0 Å². The maximum absolute atomic E-state index is 12.7. The van der Waals surface area contributed by atoms with Crippen LogP contribution in [0.2, 0.25) is 0 Å². The van der Waals surface area contributed by atoms with Gasteiger partial charge in [0.1, 0.15) is 6.10 Å². The molecule has 0 aromatic heterocycles. The van der Waals surface area contributed by atoms with Crippen LogP contribution in [0.5, 0.6) is 0 Å². The Kier molecular flexibility index (Phi) is 35.3. The third kappa shape index (κ3) is 31.9. The van der Waals surface area contributed by atoms with E-state index >= 15 is 0 Å². The molecule has 0 heterocycles. The first-order valence-electron chi connectivity index (χ1n) is 21.1. The first-order valence-corrected chi connectivity index (χ1v) is 21.1. The number of amides is 1. The van der Waals surface area contributed by atoms with Gasteiger partial charge in [0.15, 0.2) is 0 Å². The lowest BCUT2D eigenvalue weighted by atomic mass is 10.0. The molecule has 0 spiro atoms. The molecule has 0 atom stereocenters. The number of carbonyl (C=O) groups is 2. The smallest absolute Gasteiger partial charge is 0.306 e. The summed E-state index contributed by atoms with van der Waals surface area (Å²) in [4.78, 5) is 29.6. The van der Waals surface area contributed by atoms with Crippen molar-refractivity contribution in [2.24, 2.45) is 0 Å². The molecule has 0 fully saturated rings. The molecule has 0 aliphatic heterocycles. The highest BCUT2D eigenvalue weighted by molar-refractivity contribution is 5.75.